The third kappa shape index (κ3) is 4.18. The van der Waals surface area contributed by atoms with E-state index in [1.54, 1.807) is 6.92 Å². The summed E-state index contributed by atoms with van der Waals surface area (Å²) >= 11 is 0. The minimum Gasteiger partial charge on any atom is -0.484 e. The summed E-state index contributed by atoms with van der Waals surface area (Å²) < 4.78 is 51.8. The van der Waals surface area contributed by atoms with Gasteiger partial charge in [0.1, 0.15) is 12.4 Å². The van der Waals surface area contributed by atoms with Crippen molar-refractivity contribution in [3.63, 3.8) is 0 Å². The molecule has 2 aromatic carbocycles. The molecule has 9 heteroatoms. The van der Waals surface area contributed by atoms with Crippen molar-refractivity contribution in [3.8, 4) is 5.75 Å². The zero-order chi connectivity index (χ0) is 18.6. The Labute approximate surface area is 141 Å². The van der Waals surface area contributed by atoms with Crippen LogP contribution in [0.15, 0.2) is 24.3 Å². The molecule has 0 amide bonds. The molecule has 6 nitrogen and oxygen atoms in total. The maximum absolute atomic E-state index is 14.1. The van der Waals surface area contributed by atoms with E-state index in [2.05, 4.69) is 5.32 Å². The number of methoxy groups -OCH3 is 1. The molecule has 0 heterocycles. The Hall–Kier alpha value is -2.81. The number of halogens is 3. The Bertz CT molecular complexity index is 799. The molecule has 0 aliphatic heterocycles. The largest absolute Gasteiger partial charge is 0.484 e. The first-order chi connectivity index (χ1) is 11.8. The number of hydrogen-bond donors (Lipinski definition) is 1. The van der Waals surface area contributed by atoms with Crippen LogP contribution in [0.1, 0.15) is 5.56 Å². The highest BCUT2D eigenvalue weighted by molar-refractivity contribution is 5.75. The summed E-state index contributed by atoms with van der Waals surface area (Å²) in [5.41, 5.74) is -1.29. The van der Waals surface area contributed by atoms with Gasteiger partial charge in [-0.3, -0.25) is 10.1 Å². The van der Waals surface area contributed by atoms with Crippen molar-refractivity contribution in [3.05, 3.63) is 57.4 Å². The van der Waals surface area contributed by atoms with Crippen LogP contribution in [0.3, 0.4) is 0 Å². The van der Waals surface area contributed by atoms with Gasteiger partial charge in [0, 0.05) is 13.2 Å². The third-order valence-corrected chi connectivity index (χ3v) is 3.27. The van der Waals surface area contributed by atoms with Gasteiger partial charge in [0.15, 0.2) is 17.3 Å². The Morgan fingerprint density at radius 1 is 1.16 bits per heavy atom. The van der Waals surface area contributed by atoms with Crippen molar-refractivity contribution in [2.75, 3.05) is 25.6 Å². The molecule has 0 saturated carbocycles. The first kappa shape index (κ1) is 18.5. The van der Waals surface area contributed by atoms with E-state index in [4.69, 9.17) is 9.47 Å². The lowest BCUT2D eigenvalue weighted by Crippen LogP contribution is -2.09. The van der Waals surface area contributed by atoms with Crippen LogP contribution < -0.4 is 10.1 Å². The summed E-state index contributed by atoms with van der Waals surface area (Å²) in [5, 5.41) is 13.6. The zero-order valence-electron chi connectivity index (χ0n) is 13.4. The number of hydrogen-bond acceptors (Lipinski definition) is 5. The Morgan fingerprint density at radius 3 is 2.48 bits per heavy atom. The van der Waals surface area contributed by atoms with Crippen molar-refractivity contribution in [1.82, 2.24) is 0 Å². The minimum absolute atomic E-state index is 0.0888. The first-order valence-corrected chi connectivity index (χ1v) is 7.16. The van der Waals surface area contributed by atoms with Gasteiger partial charge in [-0.2, -0.15) is 0 Å². The molecule has 2 rings (SSSR count). The van der Waals surface area contributed by atoms with Gasteiger partial charge in [-0.15, -0.1) is 0 Å². The van der Waals surface area contributed by atoms with Gasteiger partial charge in [-0.25, -0.2) is 13.2 Å². The maximum Gasteiger partial charge on any atom is 0.337 e. The second kappa shape index (κ2) is 7.84. The normalized spacial score (nSPS) is 10.6. The monoisotopic (exact) mass is 356 g/mol. The standard InChI is InChI=1S/C16H15F3N2O4/c1-9-3-4-12(10(17)7-9)20-15-14(19)11(18)8-13(16(15)21(22)23)25-6-5-24-2/h3-4,7-8,20H,5-6H2,1-2H3. The lowest BCUT2D eigenvalue weighted by molar-refractivity contribution is -0.385. The van der Waals surface area contributed by atoms with Crippen LogP contribution in [0.5, 0.6) is 5.75 Å². The number of nitrogens with one attached hydrogen (secondary N) is 1. The molecular formula is C16H15F3N2O4. The summed E-state index contributed by atoms with van der Waals surface area (Å²) in [5.74, 6) is -4.13. The van der Waals surface area contributed by atoms with Crippen molar-refractivity contribution >= 4 is 17.1 Å². The summed E-state index contributed by atoms with van der Waals surface area (Å²) in [6, 6.07) is 4.51. The van der Waals surface area contributed by atoms with Crippen LogP contribution in [0.4, 0.5) is 30.2 Å². The molecule has 0 atom stereocenters. The molecule has 1 N–H and O–H groups in total. The van der Waals surface area contributed by atoms with Gasteiger partial charge in [-0.1, -0.05) is 6.07 Å². The van der Waals surface area contributed by atoms with E-state index < -0.39 is 39.5 Å². The molecule has 0 bridgehead atoms. The number of nitro groups is 1. The molecule has 25 heavy (non-hydrogen) atoms. The fourth-order valence-corrected chi connectivity index (χ4v) is 2.09. The predicted molar refractivity (Wildman–Crippen MR) is 84.8 cm³/mol. The van der Waals surface area contributed by atoms with E-state index in [-0.39, 0.29) is 18.9 Å². The first-order valence-electron chi connectivity index (χ1n) is 7.16. The van der Waals surface area contributed by atoms with E-state index >= 15 is 0 Å². The third-order valence-electron chi connectivity index (χ3n) is 3.27. The highest BCUT2D eigenvalue weighted by Gasteiger charge is 2.29. The van der Waals surface area contributed by atoms with Gasteiger partial charge in [0.2, 0.25) is 5.75 Å². The van der Waals surface area contributed by atoms with E-state index in [1.807, 2.05) is 0 Å². The van der Waals surface area contributed by atoms with Crippen LogP contribution in [-0.4, -0.2) is 25.2 Å². The Balaban J connectivity index is 2.52. The number of aryl methyl sites for hydroxylation is 1. The fraction of sp³-hybridized carbons (Fsp3) is 0.250. The molecule has 0 unspecified atom stereocenters. The second-order valence-corrected chi connectivity index (χ2v) is 5.10. The van der Waals surface area contributed by atoms with Crippen molar-refractivity contribution < 1.29 is 27.6 Å². The topological polar surface area (TPSA) is 73.6 Å². The smallest absolute Gasteiger partial charge is 0.337 e. The molecule has 0 aliphatic rings. The molecule has 0 aromatic heterocycles. The molecule has 0 spiro atoms. The number of nitrogens with zero attached hydrogens (tertiary/aromatic N) is 1. The lowest BCUT2D eigenvalue weighted by Gasteiger charge is -2.13. The summed E-state index contributed by atoms with van der Waals surface area (Å²) in [4.78, 5) is 10.4. The average Bonchev–Trinajstić information content (AvgIpc) is 2.54. The average molecular weight is 356 g/mol. The maximum atomic E-state index is 14.1. The molecule has 0 saturated heterocycles. The van der Waals surface area contributed by atoms with Gasteiger partial charge in [-0.05, 0) is 24.6 Å². The summed E-state index contributed by atoms with van der Waals surface area (Å²) in [6.07, 6.45) is 0. The van der Waals surface area contributed by atoms with Crippen molar-refractivity contribution in [2.24, 2.45) is 0 Å². The van der Waals surface area contributed by atoms with E-state index in [1.165, 1.54) is 19.2 Å². The highest BCUT2D eigenvalue weighted by Crippen LogP contribution is 2.40. The SMILES string of the molecule is COCCOc1cc(F)c(F)c(Nc2ccc(C)cc2F)c1[N+](=O)[O-]. The van der Waals surface area contributed by atoms with Gasteiger partial charge >= 0.3 is 5.69 Å². The van der Waals surface area contributed by atoms with Crippen LogP contribution in [0, 0.1) is 34.5 Å². The van der Waals surface area contributed by atoms with Gasteiger partial charge in [0.05, 0.1) is 17.2 Å². The van der Waals surface area contributed by atoms with E-state index in [0.29, 0.717) is 11.6 Å². The zero-order valence-corrected chi connectivity index (χ0v) is 13.4. The van der Waals surface area contributed by atoms with Gasteiger partial charge in [0.25, 0.3) is 0 Å². The molecule has 0 radical (unpaired) electrons. The Morgan fingerprint density at radius 2 is 1.88 bits per heavy atom. The molecular weight excluding hydrogens is 341 g/mol. The van der Waals surface area contributed by atoms with Crippen LogP contribution in [-0.2, 0) is 4.74 Å². The van der Waals surface area contributed by atoms with E-state index in [9.17, 15) is 23.3 Å². The molecule has 0 fully saturated rings. The number of anilines is 2. The number of benzene rings is 2. The number of ether oxygens (including phenoxy) is 2. The van der Waals surface area contributed by atoms with Crippen molar-refractivity contribution in [1.29, 1.82) is 0 Å². The quantitative estimate of drug-likeness (QED) is 0.459. The fourth-order valence-electron chi connectivity index (χ4n) is 2.09. The predicted octanol–water partition coefficient (Wildman–Crippen LogP) is 4.09. The van der Waals surface area contributed by atoms with Crippen LogP contribution >= 0.6 is 0 Å². The van der Waals surface area contributed by atoms with E-state index in [0.717, 1.165) is 6.07 Å². The summed E-state index contributed by atoms with van der Waals surface area (Å²) in [7, 11) is 1.39. The van der Waals surface area contributed by atoms with Crippen LogP contribution in [0.2, 0.25) is 0 Å². The molecule has 2 aromatic rings. The molecule has 134 valence electrons. The summed E-state index contributed by atoms with van der Waals surface area (Å²) in [6.45, 7) is 1.62. The number of rotatable bonds is 7. The minimum atomic E-state index is -1.51. The number of nitro benzene ring substituents is 1. The Kier molecular flexibility index (Phi) is 5.81. The van der Waals surface area contributed by atoms with Crippen LogP contribution in [0.25, 0.3) is 0 Å². The lowest BCUT2D eigenvalue weighted by atomic mass is 10.2. The molecule has 0 aliphatic carbocycles. The van der Waals surface area contributed by atoms with Crippen molar-refractivity contribution in [2.45, 2.75) is 6.92 Å². The van der Waals surface area contributed by atoms with Gasteiger partial charge < -0.3 is 14.8 Å². The highest BCUT2D eigenvalue weighted by atomic mass is 19.2. The second-order valence-electron chi connectivity index (χ2n) is 5.10.